The maximum Gasteiger partial charge on any atom is 0.303 e. The molecule has 0 spiro atoms. The lowest BCUT2D eigenvalue weighted by Crippen LogP contribution is -2.57. The molecule has 46 heavy (non-hydrogen) atoms. The van der Waals surface area contributed by atoms with Gasteiger partial charge in [0.15, 0.2) is 0 Å². The van der Waals surface area contributed by atoms with Gasteiger partial charge in [-0.3, -0.25) is 24.0 Å². The minimum Gasteiger partial charge on any atom is -0.481 e. The van der Waals surface area contributed by atoms with E-state index in [2.05, 4.69) is 20.9 Å². The Hall–Kier alpha value is -4.67. The van der Waals surface area contributed by atoms with Gasteiger partial charge in [0.05, 0.1) is 0 Å². The molecule has 4 amide bonds. The van der Waals surface area contributed by atoms with Gasteiger partial charge in [-0.25, -0.2) is 0 Å². The Balaban J connectivity index is 1.45. The van der Waals surface area contributed by atoms with Crippen LogP contribution in [0.3, 0.4) is 0 Å². The van der Waals surface area contributed by atoms with Crippen molar-refractivity contribution >= 4 is 40.5 Å². The summed E-state index contributed by atoms with van der Waals surface area (Å²) in [5.41, 5.74) is 2.71. The molecule has 2 fully saturated rings. The average molecular weight is 630 g/mol. The molecule has 0 aliphatic carbocycles. The summed E-state index contributed by atoms with van der Waals surface area (Å²) in [6, 6.07) is 14.1. The van der Waals surface area contributed by atoms with Crippen molar-refractivity contribution in [3.63, 3.8) is 0 Å². The summed E-state index contributed by atoms with van der Waals surface area (Å²) in [5.74, 6) is -2.37. The van der Waals surface area contributed by atoms with Crippen LogP contribution in [0.1, 0.15) is 68.9 Å². The number of carbonyl (C=O) groups is 5. The second kappa shape index (κ2) is 15.6. The molecule has 0 bridgehead atoms. The molecule has 2 saturated heterocycles. The highest BCUT2D eigenvalue weighted by molar-refractivity contribution is 5.95. The highest BCUT2D eigenvalue weighted by atomic mass is 16.4. The summed E-state index contributed by atoms with van der Waals surface area (Å²) in [6.45, 7) is 0.429. The van der Waals surface area contributed by atoms with Crippen LogP contribution >= 0.6 is 0 Å². The molecule has 0 unspecified atom stereocenters. The monoisotopic (exact) mass is 629 g/mol. The van der Waals surface area contributed by atoms with Gasteiger partial charge in [-0.1, -0.05) is 61.4 Å². The molecule has 244 valence electrons. The van der Waals surface area contributed by atoms with Crippen LogP contribution in [0.4, 0.5) is 0 Å². The quantitative estimate of drug-likeness (QED) is 0.217. The standard InChI is InChI=1S/C35H43N5O6/c41-31-21-25(19-23-11-3-1-4-12-23)37-34(45)29(20-24-22-36-27-14-8-7-13-26(24)27)39-33(44)28(15-5-2-6-17-32(42)43)38-35(46)30-16-9-10-18-40(30)31/h1,3-4,7-8,11-14,22,25,28-30,36H,2,5-6,9-10,15-21H2,(H,37,45)(H,38,46)(H,39,44)(H,42,43)/t25-,28-,29-,30+/m0/s1. The number of carbonyl (C=O) groups excluding carboxylic acids is 4. The van der Waals surface area contributed by atoms with Gasteiger partial charge in [-0.15, -0.1) is 0 Å². The minimum absolute atomic E-state index is 0.0190. The Morgan fingerprint density at radius 1 is 0.804 bits per heavy atom. The van der Waals surface area contributed by atoms with Crippen LogP contribution in [0.5, 0.6) is 0 Å². The van der Waals surface area contributed by atoms with Crippen LogP contribution in [-0.2, 0) is 36.8 Å². The van der Waals surface area contributed by atoms with E-state index < -0.39 is 42.0 Å². The number of benzene rings is 2. The minimum atomic E-state index is -0.977. The number of nitrogens with zero attached hydrogens (tertiary/aromatic N) is 1. The first kappa shape index (κ1) is 32.7. The van der Waals surface area contributed by atoms with Crippen molar-refractivity contribution in [2.75, 3.05) is 6.54 Å². The molecular weight excluding hydrogens is 586 g/mol. The second-order valence-corrected chi connectivity index (χ2v) is 12.4. The summed E-state index contributed by atoms with van der Waals surface area (Å²) in [4.78, 5) is 71.2. The number of aliphatic carboxylic acids is 1. The molecule has 4 atom stereocenters. The number of aromatic amines is 1. The Morgan fingerprint density at radius 3 is 2.35 bits per heavy atom. The number of fused-ring (bicyclic) bond motifs is 2. The lowest BCUT2D eigenvalue weighted by atomic mass is 9.97. The molecule has 1 aromatic heterocycles. The first-order valence-corrected chi connectivity index (χ1v) is 16.3. The fourth-order valence-electron chi connectivity index (χ4n) is 6.55. The number of unbranched alkanes of at least 4 members (excludes halogenated alkanes) is 2. The van der Waals surface area contributed by atoms with E-state index in [0.717, 1.165) is 34.9 Å². The maximum absolute atomic E-state index is 14.0. The van der Waals surface area contributed by atoms with E-state index in [9.17, 15) is 24.0 Å². The molecule has 3 heterocycles. The number of hydrogen-bond acceptors (Lipinski definition) is 5. The predicted molar refractivity (Wildman–Crippen MR) is 173 cm³/mol. The van der Waals surface area contributed by atoms with E-state index in [0.29, 0.717) is 38.6 Å². The number of hydrogen-bond donors (Lipinski definition) is 5. The molecule has 0 saturated carbocycles. The summed E-state index contributed by atoms with van der Waals surface area (Å²) in [6.07, 6.45) is 6.34. The third-order valence-electron chi connectivity index (χ3n) is 8.97. The zero-order valence-corrected chi connectivity index (χ0v) is 26.0. The topological polar surface area (TPSA) is 161 Å². The first-order chi connectivity index (χ1) is 22.3. The highest BCUT2D eigenvalue weighted by Crippen LogP contribution is 2.22. The number of carboxylic acids is 1. The zero-order valence-electron chi connectivity index (χ0n) is 26.0. The van der Waals surface area contributed by atoms with Crippen LogP contribution in [0.2, 0.25) is 0 Å². The lowest BCUT2D eigenvalue weighted by molar-refractivity contribution is -0.143. The molecule has 2 aromatic carbocycles. The number of nitrogens with one attached hydrogen (secondary N) is 4. The van der Waals surface area contributed by atoms with Gasteiger partial charge >= 0.3 is 5.97 Å². The van der Waals surface area contributed by atoms with Crippen molar-refractivity contribution in [2.24, 2.45) is 0 Å². The second-order valence-electron chi connectivity index (χ2n) is 12.4. The SMILES string of the molecule is O=C(O)CCCCC[C@@H]1NC(=O)[C@H]2CCCCN2C(=O)C[C@H](Cc2ccccc2)NC(=O)[C@H](Cc2c[nH]c3ccccc23)NC1=O. The van der Waals surface area contributed by atoms with Gasteiger partial charge < -0.3 is 30.9 Å². The third-order valence-corrected chi connectivity index (χ3v) is 8.97. The van der Waals surface area contributed by atoms with Gasteiger partial charge in [-0.05, 0) is 55.7 Å². The largest absolute Gasteiger partial charge is 0.481 e. The number of carboxylic acid groups (broad SMARTS) is 1. The van der Waals surface area contributed by atoms with Crippen LogP contribution in [0.15, 0.2) is 60.8 Å². The molecule has 3 aromatic rings. The van der Waals surface area contributed by atoms with E-state index >= 15 is 0 Å². The summed E-state index contributed by atoms with van der Waals surface area (Å²) in [5, 5.41) is 18.9. The molecule has 2 aliphatic rings. The number of rotatable bonds is 10. The highest BCUT2D eigenvalue weighted by Gasteiger charge is 2.37. The van der Waals surface area contributed by atoms with Gasteiger partial charge in [0.1, 0.15) is 18.1 Å². The predicted octanol–water partition coefficient (Wildman–Crippen LogP) is 3.23. The number of amides is 4. The van der Waals surface area contributed by atoms with Crippen molar-refractivity contribution in [3.8, 4) is 0 Å². The van der Waals surface area contributed by atoms with Crippen LogP contribution < -0.4 is 16.0 Å². The van der Waals surface area contributed by atoms with Crippen molar-refractivity contribution in [1.82, 2.24) is 25.8 Å². The molecule has 5 N–H and O–H groups in total. The molecule has 11 nitrogen and oxygen atoms in total. The molecule has 11 heteroatoms. The van der Waals surface area contributed by atoms with Gasteiger partial charge in [0.2, 0.25) is 23.6 Å². The summed E-state index contributed by atoms with van der Waals surface area (Å²) in [7, 11) is 0. The lowest BCUT2D eigenvalue weighted by Gasteiger charge is -2.36. The van der Waals surface area contributed by atoms with Gasteiger partial charge in [0.25, 0.3) is 0 Å². The summed E-state index contributed by atoms with van der Waals surface area (Å²) >= 11 is 0. The third kappa shape index (κ3) is 8.52. The Bertz CT molecular complexity index is 1540. The zero-order chi connectivity index (χ0) is 32.5. The molecule has 0 radical (unpaired) electrons. The van der Waals surface area contributed by atoms with E-state index in [1.807, 2.05) is 60.8 Å². The van der Waals surface area contributed by atoms with Crippen molar-refractivity contribution in [3.05, 3.63) is 71.9 Å². The van der Waals surface area contributed by atoms with E-state index in [1.165, 1.54) is 0 Å². The first-order valence-electron chi connectivity index (χ1n) is 16.3. The number of para-hydroxylation sites is 1. The van der Waals surface area contributed by atoms with E-state index in [4.69, 9.17) is 5.11 Å². The fourth-order valence-corrected chi connectivity index (χ4v) is 6.55. The average Bonchev–Trinajstić information content (AvgIpc) is 3.46. The number of H-pyrrole nitrogens is 1. The van der Waals surface area contributed by atoms with Crippen LogP contribution in [0.25, 0.3) is 10.9 Å². The van der Waals surface area contributed by atoms with Crippen LogP contribution in [0, 0.1) is 0 Å². The molecular formula is C35H43N5O6. The normalized spacial score (nSPS) is 22.9. The van der Waals surface area contributed by atoms with Crippen molar-refractivity contribution in [1.29, 1.82) is 0 Å². The van der Waals surface area contributed by atoms with E-state index in [-0.39, 0.29) is 37.5 Å². The Labute approximate surface area is 268 Å². The smallest absolute Gasteiger partial charge is 0.303 e. The van der Waals surface area contributed by atoms with E-state index in [1.54, 1.807) is 4.90 Å². The van der Waals surface area contributed by atoms with Gasteiger partial charge in [0, 0.05) is 48.9 Å². The maximum atomic E-state index is 14.0. The Morgan fingerprint density at radius 2 is 1.54 bits per heavy atom. The fraction of sp³-hybridized carbons (Fsp3) is 0.457. The van der Waals surface area contributed by atoms with Crippen molar-refractivity contribution < 1.29 is 29.1 Å². The van der Waals surface area contributed by atoms with Gasteiger partial charge in [-0.2, -0.15) is 0 Å². The number of aromatic nitrogens is 1. The Kier molecular flexibility index (Phi) is 11.1. The van der Waals surface area contributed by atoms with Crippen LogP contribution in [-0.4, -0.2) is 75.3 Å². The molecule has 5 rings (SSSR count). The summed E-state index contributed by atoms with van der Waals surface area (Å²) < 4.78 is 0. The van der Waals surface area contributed by atoms with Crippen molar-refractivity contribution in [2.45, 2.75) is 94.8 Å². The number of piperidine rings is 1. The molecule has 2 aliphatic heterocycles.